The predicted molar refractivity (Wildman–Crippen MR) is 69.0 cm³/mol. The Bertz CT molecular complexity index is 380. The first-order valence-electron chi connectivity index (χ1n) is 5.16. The van der Waals surface area contributed by atoms with Gasteiger partial charge in [-0.2, -0.15) is 4.31 Å². The number of esters is 1. The van der Waals surface area contributed by atoms with Crippen molar-refractivity contribution in [2.24, 2.45) is 5.73 Å². The number of carbonyl (C=O) groups excluding carboxylic acids is 1. The zero-order chi connectivity index (χ0) is 13.6. The van der Waals surface area contributed by atoms with E-state index in [1.165, 1.54) is 7.11 Å². The number of sulfonamides is 1. The third-order valence-corrected chi connectivity index (χ3v) is 5.14. The monoisotopic (exact) mass is 282 g/mol. The van der Waals surface area contributed by atoms with E-state index >= 15 is 0 Å². The summed E-state index contributed by atoms with van der Waals surface area (Å²) in [6.07, 6.45) is 0.273. The van der Waals surface area contributed by atoms with Gasteiger partial charge in [0.05, 0.1) is 12.1 Å². The van der Waals surface area contributed by atoms with Gasteiger partial charge < -0.3 is 10.5 Å². The van der Waals surface area contributed by atoms with Crippen LogP contribution in [0.4, 0.5) is 0 Å². The largest absolute Gasteiger partial charge is 0.468 e. The lowest BCUT2D eigenvalue weighted by Crippen LogP contribution is -2.46. The molecule has 0 aliphatic carbocycles. The number of nitrogens with zero attached hydrogens (tertiary/aromatic N) is 1. The minimum atomic E-state index is -3.70. The molecule has 0 amide bonds. The number of methoxy groups -OCH3 is 1. The molecule has 0 aromatic heterocycles. The van der Waals surface area contributed by atoms with Gasteiger partial charge in [-0.05, 0) is 6.42 Å². The van der Waals surface area contributed by atoms with Crippen molar-refractivity contribution >= 4 is 33.2 Å². The number of hydrogen-bond acceptors (Lipinski definition) is 5. The van der Waals surface area contributed by atoms with Crippen molar-refractivity contribution in [3.05, 3.63) is 0 Å². The van der Waals surface area contributed by atoms with E-state index in [1.54, 1.807) is 13.8 Å². The first-order valence-corrected chi connectivity index (χ1v) is 7.07. The Morgan fingerprint density at radius 2 is 2.00 bits per heavy atom. The third kappa shape index (κ3) is 4.21. The smallest absolute Gasteiger partial charge is 0.321 e. The molecule has 0 spiro atoms. The fourth-order valence-corrected chi connectivity index (χ4v) is 3.58. The lowest BCUT2D eigenvalue weighted by molar-refractivity contribution is -0.140. The zero-order valence-corrected chi connectivity index (χ0v) is 11.8. The van der Waals surface area contributed by atoms with Crippen LogP contribution in [0.1, 0.15) is 20.3 Å². The highest BCUT2D eigenvalue weighted by Crippen LogP contribution is 2.13. The van der Waals surface area contributed by atoms with Gasteiger partial charge in [-0.25, -0.2) is 8.42 Å². The Morgan fingerprint density at radius 3 is 2.29 bits per heavy atom. The van der Waals surface area contributed by atoms with Crippen molar-refractivity contribution in [2.75, 3.05) is 20.2 Å². The Labute approximate surface area is 107 Å². The molecule has 0 aromatic rings. The second-order valence-electron chi connectivity index (χ2n) is 3.35. The summed E-state index contributed by atoms with van der Waals surface area (Å²) in [6, 6.07) is 0. The number of rotatable bonds is 7. The molecular weight excluding hydrogens is 264 g/mol. The van der Waals surface area contributed by atoms with Gasteiger partial charge in [-0.15, -0.1) is 0 Å². The number of ether oxygens (including phenoxy) is 1. The highest BCUT2D eigenvalue weighted by atomic mass is 32.2. The standard InChI is InChI=1S/C9H18N2O4S2/c1-4-7(9(10)16)17(13,14)11(5-2)6-8(12)15-3/h7H,4-6H2,1-3H3,(H2,10,16). The average molecular weight is 282 g/mol. The fraction of sp³-hybridized carbons (Fsp3) is 0.778. The van der Waals surface area contributed by atoms with Crippen LogP contribution < -0.4 is 5.73 Å². The Morgan fingerprint density at radius 1 is 1.47 bits per heavy atom. The fourth-order valence-electron chi connectivity index (χ4n) is 1.33. The molecular formula is C9H18N2O4S2. The summed E-state index contributed by atoms with van der Waals surface area (Å²) in [7, 11) is -2.50. The van der Waals surface area contributed by atoms with Gasteiger partial charge in [0.15, 0.2) is 0 Å². The lowest BCUT2D eigenvalue weighted by atomic mass is 10.3. The number of carbonyl (C=O) groups is 1. The van der Waals surface area contributed by atoms with E-state index in [0.29, 0.717) is 0 Å². The molecule has 6 nitrogen and oxygen atoms in total. The molecule has 0 aromatic carbocycles. The quantitative estimate of drug-likeness (QED) is 0.517. The number of hydrogen-bond donors (Lipinski definition) is 1. The van der Waals surface area contributed by atoms with Gasteiger partial charge in [-0.1, -0.05) is 26.1 Å². The van der Waals surface area contributed by atoms with E-state index in [2.05, 4.69) is 4.74 Å². The number of thiocarbonyl (C=S) groups is 1. The van der Waals surface area contributed by atoms with Crippen LogP contribution in [0.3, 0.4) is 0 Å². The molecule has 100 valence electrons. The molecule has 0 aliphatic rings. The second-order valence-corrected chi connectivity index (χ2v) is 5.93. The van der Waals surface area contributed by atoms with Crippen molar-refractivity contribution in [1.29, 1.82) is 0 Å². The van der Waals surface area contributed by atoms with Crippen molar-refractivity contribution in [3.63, 3.8) is 0 Å². The van der Waals surface area contributed by atoms with Gasteiger partial charge in [0, 0.05) is 6.54 Å². The molecule has 1 atom stereocenters. The van der Waals surface area contributed by atoms with Crippen LogP contribution in [-0.4, -0.2) is 49.1 Å². The minimum Gasteiger partial charge on any atom is -0.468 e. The Kier molecular flexibility index (Phi) is 6.58. The van der Waals surface area contributed by atoms with Crippen LogP contribution in [-0.2, 0) is 19.6 Å². The maximum atomic E-state index is 12.1. The zero-order valence-electron chi connectivity index (χ0n) is 10.2. The summed E-state index contributed by atoms with van der Waals surface area (Å²) in [6.45, 7) is 3.14. The normalized spacial score (nSPS) is 13.4. The molecule has 17 heavy (non-hydrogen) atoms. The molecule has 8 heteroatoms. The molecule has 0 aliphatic heterocycles. The van der Waals surface area contributed by atoms with Crippen molar-refractivity contribution in [2.45, 2.75) is 25.5 Å². The maximum Gasteiger partial charge on any atom is 0.321 e. The molecule has 0 fully saturated rings. The molecule has 1 unspecified atom stereocenters. The highest BCUT2D eigenvalue weighted by Gasteiger charge is 2.33. The SMILES string of the molecule is CCC(C(N)=S)S(=O)(=O)N(CC)CC(=O)OC. The van der Waals surface area contributed by atoms with E-state index in [4.69, 9.17) is 18.0 Å². The summed E-state index contributed by atoms with van der Waals surface area (Å²) >= 11 is 4.73. The van der Waals surface area contributed by atoms with Crippen molar-refractivity contribution in [3.8, 4) is 0 Å². The van der Waals surface area contributed by atoms with E-state index in [0.717, 1.165) is 4.31 Å². The van der Waals surface area contributed by atoms with Crippen LogP contribution in [0.5, 0.6) is 0 Å². The van der Waals surface area contributed by atoms with E-state index in [-0.39, 0.29) is 24.5 Å². The van der Waals surface area contributed by atoms with Crippen LogP contribution in [0, 0.1) is 0 Å². The predicted octanol–water partition coefficient (Wildman–Crippen LogP) is -0.124. The molecule has 2 N–H and O–H groups in total. The van der Waals surface area contributed by atoms with Crippen LogP contribution >= 0.6 is 12.2 Å². The van der Waals surface area contributed by atoms with Gasteiger partial charge in [0.1, 0.15) is 11.8 Å². The summed E-state index contributed by atoms with van der Waals surface area (Å²) < 4.78 is 29.7. The van der Waals surface area contributed by atoms with Crippen molar-refractivity contribution < 1.29 is 17.9 Å². The molecule has 0 bridgehead atoms. The van der Waals surface area contributed by atoms with Gasteiger partial charge in [-0.3, -0.25) is 4.79 Å². The van der Waals surface area contributed by atoms with Crippen molar-refractivity contribution in [1.82, 2.24) is 4.31 Å². The van der Waals surface area contributed by atoms with Crippen LogP contribution in [0.2, 0.25) is 0 Å². The second kappa shape index (κ2) is 6.87. The van der Waals surface area contributed by atoms with Crippen LogP contribution in [0.25, 0.3) is 0 Å². The number of likely N-dealkylation sites (N-methyl/N-ethyl adjacent to an activating group) is 1. The molecule has 0 rings (SSSR count). The number of nitrogens with two attached hydrogens (primary N) is 1. The first kappa shape index (κ1) is 16.3. The third-order valence-electron chi connectivity index (χ3n) is 2.29. The van der Waals surface area contributed by atoms with Crippen LogP contribution in [0.15, 0.2) is 0 Å². The molecule has 0 heterocycles. The van der Waals surface area contributed by atoms with Gasteiger partial charge in [0.25, 0.3) is 0 Å². The van der Waals surface area contributed by atoms with E-state index < -0.39 is 21.2 Å². The van der Waals surface area contributed by atoms with Gasteiger partial charge in [0.2, 0.25) is 10.0 Å². The lowest BCUT2D eigenvalue weighted by Gasteiger charge is -2.24. The van der Waals surface area contributed by atoms with E-state index in [9.17, 15) is 13.2 Å². The summed E-state index contributed by atoms with van der Waals surface area (Å²) in [4.78, 5) is 11.0. The summed E-state index contributed by atoms with van der Waals surface area (Å²) in [5, 5.41) is -0.942. The highest BCUT2D eigenvalue weighted by molar-refractivity contribution is 7.92. The average Bonchev–Trinajstić information content (AvgIpc) is 2.24. The molecule has 0 saturated carbocycles. The molecule has 0 saturated heterocycles. The Hall–Kier alpha value is -0.730. The molecule has 0 radical (unpaired) electrons. The minimum absolute atomic E-state index is 0.0872. The van der Waals surface area contributed by atoms with E-state index in [1.807, 2.05) is 0 Å². The summed E-state index contributed by atoms with van der Waals surface area (Å²) in [5.41, 5.74) is 5.40. The maximum absolute atomic E-state index is 12.1. The topological polar surface area (TPSA) is 89.7 Å². The Balaban J connectivity index is 5.10. The van der Waals surface area contributed by atoms with Gasteiger partial charge >= 0.3 is 5.97 Å². The summed E-state index contributed by atoms with van der Waals surface area (Å²) in [5.74, 6) is -0.617. The first-order chi connectivity index (χ1) is 7.81.